The molecule has 3 N–H and O–H groups in total. The molecule has 1 aliphatic carbocycles. The van der Waals surface area contributed by atoms with Crippen LogP contribution in [-0.2, 0) is 63.7 Å². The van der Waals surface area contributed by atoms with Crippen molar-refractivity contribution in [2.75, 3.05) is 97.8 Å². The SMILES string of the molecule is CO[C@H]1CC2CCCC(O2)C(=O)C(=O)N2CCCC[C@H]2C(=O)O[C@H](CC[C@@H]2CC[C@@H](O)[C@H](OC)C2)CC(=O)[C@H](C)/C=C(\C)[C@@H](OC(=O)NCc2cnc(N3CCN(C(=O)CCOCCN4CCNCC4)CC3)nc2)CC(=O)[C@H](C)C[C@H](C)/C=C/C=CC=C1C. The minimum atomic E-state index is -1.04. The highest BCUT2D eigenvalue weighted by Crippen LogP contribution is 2.33. The van der Waals surface area contributed by atoms with Crippen molar-refractivity contribution in [1.82, 2.24) is 35.3 Å². The smallest absolute Gasteiger partial charge is 0.408 e. The average Bonchev–Trinajstić information content (AvgIpc) is 2.64. The van der Waals surface area contributed by atoms with E-state index < -0.39 is 66.0 Å². The zero-order valence-corrected chi connectivity index (χ0v) is 54.0. The van der Waals surface area contributed by atoms with Gasteiger partial charge in [0.25, 0.3) is 5.91 Å². The summed E-state index contributed by atoms with van der Waals surface area (Å²) in [6.45, 7) is 17.6. The number of hydrogen-bond donors (Lipinski definition) is 3. The van der Waals surface area contributed by atoms with E-state index in [0.717, 1.165) is 44.7 Å². The van der Waals surface area contributed by atoms with Crippen LogP contribution in [0.25, 0.3) is 0 Å². The quantitative estimate of drug-likeness (QED) is 0.0740. The fourth-order valence-electron chi connectivity index (χ4n) is 13.0. The van der Waals surface area contributed by atoms with Crippen LogP contribution in [0.2, 0.25) is 0 Å². The molecule has 0 aromatic carbocycles. The minimum Gasteiger partial charge on any atom is -0.460 e. The first kappa shape index (κ1) is 70.7. The normalized spacial score (nSPS) is 31.0. The van der Waals surface area contributed by atoms with Crippen molar-refractivity contribution in [3.63, 3.8) is 0 Å². The van der Waals surface area contributed by atoms with E-state index in [1.807, 2.05) is 61.0 Å². The van der Waals surface area contributed by atoms with Crippen LogP contribution in [0.3, 0.4) is 0 Å². The number of piperazine rings is 2. The number of nitrogens with zero attached hydrogens (tertiary/aromatic N) is 6. The summed E-state index contributed by atoms with van der Waals surface area (Å²) in [7, 11) is 3.20. The second kappa shape index (κ2) is 36.3. The van der Waals surface area contributed by atoms with E-state index in [1.165, 1.54) is 4.90 Å². The Bertz CT molecular complexity index is 2600. The van der Waals surface area contributed by atoms with Crippen molar-refractivity contribution >= 4 is 47.2 Å². The van der Waals surface area contributed by atoms with Crippen LogP contribution in [0.1, 0.15) is 143 Å². The molecule has 7 rings (SSSR count). The molecule has 5 aliphatic heterocycles. The van der Waals surface area contributed by atoms with E-state index >= 15 is 0 Å². The predicted molar refractivity (Wildman–Crippen MR) is 335 cm³/mol. The van der Waals surface area contributed by atoms with Crippen molar-refractivity contribution < 1.29 is 67.1 Å². The number of cyclic esters (lactones) is 1. The highest BCUT2D eigenvalue weighted by atomic mass is 16.6. The molecule has 5 fully saturated rings. The van der Waals surface area contributed by atoms with E-state index in [1.54, 1.807) is 46.5 Å². The number of aliphatic hydroxyl groups is 1. The molecule has 0 radical (unpaired) electrons. The summed E-state index contributed by atoms with van der Waals surface area (Å²) in [6, 6.07) is -1.04. The van der Waals surface area contributed by atoms with Gasteiger partial charge in [-0.25, -0.2) is 19.6 Å². The van der Waals surface area contributed by atoms with Gasteiger partial charge in [-0.05, 0) is 114 Å². The van der Waals surface area contributed by atoms with E-state index in [-0.39, 0.29) is 80.0 Å². The minimum absolute atomic E-state index is 0.0127. The van der Waals surface area contributed by atoms with Gasteiger partial charge in [0.15, 0.2) is 0 Å². The number of nitrogens with one attached hydrogen (secondary N) is 2. The summed E-state index contributed by atoms with van der Waals surface area (Å²) in [6.07, 6.45) is 16.5. The molecule has 22 nitrogen and oxygen atoms in total. The molecule has 6 heterocycles. The van der Waals surface area contributed by atoms with Gasteiger partial charge in [0, 0.05) is 135 Å². The molecular weight excluding hydrogens is 1140 g/mol. The number of Topliss-reactive ketones (excluding diaryl/α,β-unsaturated/α-hetero) is 3. The lowest BCUT2D eigenvalue weighted by Crippen LogP contribution is -2.54. The molecular formula is C67H102N8O14. The van der Waals surface area contributed by atoms with E-state index in [9.17, 15) is 38.7 Å². The highest BCUT2D eigenvalue weighted by molar-refractivity contribution is 6.38. The largest absolute Gasteiger partial charge is 0.460 e. The highest BCUT2D eigenvalue weighted by Gasteiger charge is 2.42. The molecule has 2 bridgehead atoms. The summed E-state index contributed by atoms with van der Waals surface area (Å²) in [5.74, 6) is -3.01. The van der Waals surface area contributed by atoms with Crippen LogP contribution >= 0.6 is 0 Å². The van der Waals surface area contributed by atoms with E-state index in [4.69, 9.17) is 28.4 Å². The number of allylic oxidation sites excluding steroid dienone is 6. The van der Waals surface area contributed by atoms with Gasteiger partial charge in [-0.1, -0.05) is 57.2 Å². The number of ketones is 3. The molecule has 22 heteroatoms. The number of piperidine rings is 1. The number of amides is 3. The zero-order valence-electron chi connectivity index (χ0n) is 54.0. The molecule has 6 aliphatic rings. The van der Waals surface area contributed by atoms with Gasteiger partial charge in [-0.3, -0.25) is 28.9 Å². The third-order valence-electron chi connectivity index (χ3n) is 18.7. The molecule has 2 unspecified atom stereocenters. The number of carbonyl (C=O) groups excluding carboxylic acids is 7. The first-order valence-corrected chi connectivity index (χ1v) is 32.9. The van der Waals surface area contributed by atoms with Crippen LogP contribution in [-0.4, -0.2) is 213 Å². The Kier molecular flexibility index (Phi) is 28.9. The maximum atomic E-state index is 14.5. The van der Waals surface area contributed by atoms with Crippen LogP contribution < -0.4 is 15.5 Å². The fraction of sp³-hybridized carbons (Fsp3) is 0.716. The Balaban J connectivity index is 1.03. The average molecular weight is 1240 g/mol. The molecule has 12 atom stereocenters. The number of carbonyl (C=O) groups is 7. The Morgan fingerprint density at radius 2 is 1.54 bits per heavy atom. The van der Waals surface area contributed by atoms with Crippen LogP contribution in [0.5, 0.6) is 0 Å². The standard InChI is InChI=1S/C67H102N8O14/c1-45-14-9-8-10-15-46(2)59(84-6)40-52-16-13-18-58(87-52)63(80)64(81)75-26-12-11-17-54(75)65(82)88-53(21-19-50-20-22-55(76)61(38-50)85-7)39-56(77)48(4)37-49(5)60(41-57(78)47(3)36-45)89-67(83)71-44-51-42-69-66(70-43-51)74-31-29-73(30-32-74)62(79)23-34-86-35-33-72-27-24-68-25-28-72/h8-10,14-15,37,42-43,45,47-48,50,52-55,58-61,68,76H,11-13,16-36,38-41,44H2,1-7H3,(H,71,83)/b10-8?,14-9+,46-15?,49-37+/t45-,47-,48-,50-,52?,53-,54+,55-,58?,59+,60+,61-/m1/s1. The Morgan fingerprint density at radius 1 is 0.775 bits per heavy atom. The second-order valence-corrected chi connectivity index (χ2v) is 25.5. The van der Waals surface area contributed by atoms with Crippen molar-refractivity contribution in [2.24, 2.45) is 23.7 Å². The number of aliphatic hydroxyl groups excluding tert-OH is 1. The van der Waals surface area contributed by atoms with Crippen molar-refractivity contribution in [2.45, 2.75) is 193 Å². The topological polar surface area (TPSA) is 258 Å². The van der Waals surface area contributed by atoms with Gasteiger partial charge in [0.1, 0.15) is 35.9 Å². The molecule has 89 heavy (non-hydrogen) atoms. The third-order valence-corrected chi connectivity index (χ3v) is 18.7. The van der Waals surface area contributed by atoms with Gasteiger partial charge < -0.3 is 58.9 Å². The van der Waals surface area contributed by atoms with Gasteiger partial charge >= 0.3 is 12.1 Å². The first-order chi connectivity index (χ1) is 42.9. The number of alkyl carbamates (subject to hydrolysis) is 1. The Morgan fingerprint density at radius 3 is 2.28 bits per heavy atom. The monoisotopic (exact) mass is 1240 g/mol. The van der Waals surface area contributed by atoms with Crippen molar-refractivity contribution in [3.05, 3.63) is 65.6 Å². The third kappa shape index (κ3) is 22.3. The number of ether oxygens (including phenoxy) is 6. The number of fused-ring (bicyclic) bond motifs is 3. The maximum absolute atomic E-state index is 14.5. The number of aromatic nitrogens is 2. The van der Waals surface area contributed by atoms with E-state index in [2.05, 4.69) is 25.5 Å². The lowest BCUT2D eigenvalue weighted by molar-refractivity contribution is -0.167. The Labute approximate surface area is 527 Å². The molecule has 1 aromatic heterocycles. The molecule has 494 valence electrons. The number of anilines is 1. The number of methoxy groups -OCH3 is 2. The summed E-state index contributed by atoms with van der Waals surface area (Å²) >= 11 is 0. The summed E-state index contributed by atoms with van der Waals surface area (Å²) in [5, 5.41) is 16.7. The van der Waals surface area contributed by atoms with Crippen LogP contribution in [0, 0.1) is 23.7 Å². The molecule has 3 amide bonds. The fourth-order valence-corrected chi connectivity index (χ4v) is 13.0. The number of esters is 1. The molecule has 1 aromatic rings. The summed E-state index contributed by atoms with van der Waals surface area (Å²) < 4.78 is 36.0. The molecule has 4 saturated heterocycles. The van der Waals surface area contributed by atoms with Gasteiger partial charge in [0.05, 0.1) is 44.1 Å². The lowest BCUT2D eigenvalue weighted by atomic mass is 9.81. The summed E-state index contributed by atoms with van der Waals surface area (Å²) in [5.41, 5.74) is 2.05. The van der Waals surface area contributed by atoms with Crippen molar-refractivity contribution in [1.29, 1.82) is 0 Å². The number of hydrogen-bond acceptors (Lipinski definition) is 19. The predicted octanol–water partition coefficient (Wildman–Crippen LogP) is 6.43. The lowest BCUT2D eigenvalue weighted by Gasteiger charge is -2.37. The number of rotatable bonds is 15. The molecule has 0 spiro atoms. The van der Waals surface area contributed by atoms with Crippen LogP contribution in [0.15, 0.2) is 60.0 Å². The summed E-state index contributed by atoms with van der Waals surface area (Å²) in [4.78, 5) is 115. The first-order valence-electron chi connectivity index (χ1n) is 32.9. The van der Waals surface area contributed by atoms with Gasteiger partial charge in [0.2, 0.25) is 17.6 Å². The second-order valence-electron chi connectivity index (χ2n) is 25.5. The van der Waals surface area contributed by atoms with E-state index in [0.29, 0.717) is 134 Å². The van der Waals surface area contributed by atoms with Gasteiger partial charge in [-0.2, -0.15) is 0 Å². The zero-order chi connectivity index (χ0) is 63.8. The van der Waals surface area contributed by atoms with Crippen molar-refractivity contribution in [3.8, 4) is 0 Å². The molecule has 1 saturated carbocycles. The van der Waals surface area contributed by atoms with Crippen LogP contribution in [0.4, 0.5) is 10.7 Å². The Hall–Kier alpha value is -5.75. The van der Waals surface area contributed by atoms with Gasteiger partial charge in [-0.15, -0.1) is 0 Å². The maximum Gasteiger partial charge on any atom is 0.408 e.